The minimum absolute atomic E-state index is 0.181. The van der Waals surface area contributed by atoms with Gasteiger partial charge in [0.05, 0.1) is 6.61 Å². The molecule has 1 aliphatic rings. The highest BCUT2D eigenvalue weighted by atomic mass is 127. The standard InChI is InChI=1S/C13H22INO4/c1-5-18-10(16)13(14)6-8-15(9-7-13)11(17)19-12(2,3)4/h5-9H2,1-4H3. The van der Waals surface area contributed by atoms with Gasteiger partial charge < -0.3 is 14.4 Å². The van der Waals surface area contributed by atoms with Crippen LogP contribution in [0.4, 0.5) is 4.79 Å². The molecular formula is C13H22INO4. The van der Waals surface area contributed by atoms with Crippen LogP contribution in [-0.2, 0) is 14.3 Å². The van der Waals surface area contributed by atoms with Crippen LogP contribution in [0, 0.1) is 0 Å². The number of ether oxygens (including phenoxy) is 2. The summed E-state index contributed by atoms with van der Waals surface area (Å²) in [7, 11) is 0. The van der Waals surface area contributed by atoms with Crippen LogP contribution in [0.2, 0.25) is 0 Å². The van der Waals surface area contributed by atoms with E-state index >= 15 is 0 Å². The summed E-state index contributed by atoms with van der Waals surface area (Å²) in [5, 5.41) is 0. The lowest BCUT2D eigenvalue weighted by atomic mass is 9.97. The second kappa shape index (κ2) is 6.28. The number of piperidine rings is 1. The first kappa shape index (κ1) is 16.5. The lowest BCUT2D eigenvalue weighted by Crippen LogP contribution is -2.49. The number of esters is 1. The van der Waals surface area contributed by atoms with E-state index in [9.17, 15) is 9.59 Å². The van der Waals surface area contributed by atoms with Gasteiger partial charge in [-0.1, -0.05) is 22.6 Å². The van der Waals surface area contributed by atoms with Gasteiger partial charge in [0.15, 0.2) is 0 Å². The highest BCUT2D eigenvalue weighted by Gasteiger charge is 2.41. The predicted molar refractivity (Wildman–Crippen MR) is 80.4 cm³/mol. The van der Waals surface area contributed by atoms with Crippen LogP contribution in [-0.4, -0.2) is 45.7 Å². The van der Waals surface area contributed by atoms with Gasteiger partial charge in [0, 0.05) is 13.1 Å². The topological polar surface area (TPSA) is 55.8 Å². The predicted octanol–water partition coefficient (Wildman–Crippen LogP) is 2.75. The van der Waals surface area contributed by atoms with Gasteiger partial charge in [-0.05, 0) is 40.5 Å². The molecule has 6 heteroatoms. The molecule has 0 aliphatic carbocycles. The van der Waals surface area contributed by atoms with Crippen molar-refractivity contribution < 1.29 is 19.1 Å². The summed E-state index contributed by atoms with van der Waals surface area (Å²) >= 11 is 2.15. The van der Waals surface area contributed by atoms with E-state index in [1.54, 1.807) is 11.8 Å². The second-order valence-electron chi connectivity index (χ2n) is 5.65. The monoisotopic (exact) mass is 383 g/mol. The van der Waals surface area contributed by atoms with Crippen molar-refractivity contribution >= 4 is 34.7 Å². The number of likely N-dealkylation sites (tertiary alicyclic amines) is 1. The van der Waals surface area contributed by atoms with Crippen molar-refractivity contribution in [2.45, 2.75) is 49.6 Å². The summed E-state index contributed by atoms with van der Waals surface area (Å²) in [4.78, 5) is 25.4. The van der Waals surface area contributed by atoms with Crippen molar-refractivity contribution in [3.05, 3.63) is 0 Å². The van der Waals surface area contributed by atoms with Crippen LogP contribution in [0.3, 0.4) is 0 Å². The number of carbonyl (C=O) groups is 2. The summed E-state index contributed by atoms with van der Waals surface area (Å²) in [6.07, 6.45) is 0.895. The van der Waals surface area contributed by atoms with E-state index in [2.05, 4.69) is 22.6 Å². The lowest BCUT2D eigenvalue weighted by Gasteiger charge is -2.36. The van der Waals surface area contributed by atoms with Crippen molar-refractivity contribution in [2.75, 3.05) is 19.7 Å². The minimum Gasteiger partial charge on any atom is -0.465 e. The van der Waals surface area contributed by atoms with E-state index in [1.807, 2.05) is 20.8 Å². The number of carbonyl (C=O) groups excluding carboxylic acids is 2. The SMILES string of the molecule is CCOC(=O)C1(I)CCN(C(=O)OC(C)(C)C)CC1. The van der Waals surface area contributed by atoms with Crippen LogP contribution in [0.25, 0.3) is 0 Å². The van der Waals surface area contributed by atoms with Crippen LogP contribution < -0.4 is 0 Å². The first-order chi connectivity index (χ1) is 8.68. The maximum absolute atomic E-state index is 11.9. The Hall–Kier alpha value is -0.530. The molecule has 0 N–H and O–H groups in total. The number of hydrogen-bond acceptors (Lipinski definition) is 4. The summed E-state index contributed by atoms with van der Waals surface area (Å²) in [6, 6.07) is 0. The first-order valence-corrected chi connectivity index (χ1v) is 7.60. The van der Waals surface area contributed by atoms with Crippen LogP contribution in [0.5, 0.6) is 0 Å². The highest BCUT2D eigenvalue weighted by molar-refractivity contribution is 14.1. The Labute approximate surface area is 128 Å². The minimum atomic E-state index is -0.508. The molecule has 5 nitrogen and oxygen atoms in total. The van der Waals surface area contributed by atoms with E-state index < -0.39 is 9.02 Å². The van der Waals surface area contributed by atoms with Gasteiger partial charge in [-0.3, -0.25) is 4.79 Å². The highest BCUT2D eigenvalue weighted by Crippen LogP contribution is 2.33. The van der Waals surface area contributed by atoms with E-state index in [0.29, 0.717) is 32.5 Å². The maximum Gasteiger partial charge on any atom is 0.410 e. The van der Waals surface area contributed by atoms with Crippen molar-refractivity contribution in [1.82, 2.24) is 4.90 Å². The molecule has 0 atom stereocenters. The summed E-state index contributed by atoms with van der Waals surface area (Å²) in [6.45, 7) is 8.77. The third kappa shape index (κ3) is 4.81. The Morgan fingerprint density at radius 1 is 1.26 bits per heavy atom. The van der Waals surface area contributed by atoms with Gasteiger partial charge in [0.2, 0.25) is 0 Å². The summed E-state index contributed by atoms with van der Waals surface area (Å²) in [5.41, 5.74) is -0.489. The molecule has 110 valence electrons. The number of alkyl halides is 1. The molecule has 0 aromatic carbocycles. The van der Waals surface area contributed by atoms with Gasteiger partial charge in [-0.15, -0.1) is 0 Å². The largest absolute Gasteiger partial charge is 0.465 e. The van der Waals surface area contributed by atoms with Gasteiger partial charge in [0.1, 0.15) is 9.02 Å². The van der Waals surface area contributed by atoms with E-state index in [0.717, 1.165) is 0 Å². The van der Waals surface area contributed by atoms with Gasteiger partial charge in [-0.2, -0.15) is 0 Å². The Bertz CT molecular complexity index is 343. The number of hydrogen-bond donors (Lipinski definition) is 0. The van der Waals surface area contributed by atoms with Crippen LogP contribution in [0.15, 0.2) is 0 Å². The first-order valence-electron chi connectivity index (χ1n) is 6.52. The molecule has 0 saturated carbocycles. The molecule has 19 heavy (non-hydrogen) atoms. The van der Waals surface area contributed by atoms with Gasteiger partial charge in [-0.25, -0.2) is 4.79 Å². The lowest BCUT2D eigenvalue weighted by molar-refractivity contribution is -0.146. The van der Waals surface area contributed by atoms with Gasteiger partial charge in [0.25, 0.3) is 0 Å². The normalized spacial score (nSPS) is 18.9. The molecule has 1 rings (SSSR count). The zero-order chi connectivity index (χ0) is 14.7. The molecule has 0 bridgehead atoms. The molecule has 1 aliphatic heterocycles. The van der Waals surface area contributed by atoms with Crippen molar-refractivity contribution in [3.63, 3.8) is 0 Å². The average Bonchev–Trinajstić information content (AvgIpc) is 2.27. The summed E-state index contributed by atoms with van der Waals surface area (Å²) in [5.74, 6) is -0.181. The van der Waals surface area contributed by atoms with E-state index in [4.69, 9.17) is 9.47 Å². The molecule has 1 saturated heterocycles. The third-order valence-electron chi connectivity index (χ3n) is 2.85. The molecule has 0 aromatic rings. The molecule has 0 spiro atoms. The third-order valence-corrected chi connectivity index (χ3v) is 4.37. The van der Waals surface area contributed by atoms with Gasteiger partial charge >= 0.3 is 12.1 Å². The zero-order valence-corrected chi connectivity index (χ0v) is 14.2. The fraction of sp³-hybridized carbons (Fsp3) is 0.846. The summed E-state index contributed by atoms with van der Waals surface area (Å²) < 4.78 is 9.89. The van der Waals surface area contributed by atoms with Crippen LogP contribution >= 0.6 is 22.6 Å². The molecule has 0 radical (unpaired) electrons. The average molecular weight is 383 g/mol. The molecule has 1 amide bonds. The zero-order valence-electron chi connectivity index (χ0n) is 12.0. The molecular weight excluding hydrogens is 361 g/mol. The Morgan fingerprint density at radius 2 is 1.79 bits per heavy atom. The fourth-order valence-electron chi connectivity index (χ4n) is 1.83. The second-order valence-corrected chi connectivity index (χ2v) is 7.72. The molecule has 0 unspecified atom stereocenters. The van der Waals surface area contributed by atoms with E-state index in [1.165, 1.54) is 0 Å². The van der Waals surface area contributed by atoms with Crippen molar-refractivity contribution in [3.8, 4) is 0 Å². The Kier molecular flexibility index (Phi) is 5.46. The smallest absolute Gasteiger partial charge is 0.410 e. The molecule has 1 fully saturated rings. The van der Waals surface area contributed by atoms with Crippen LogP contribution in [0.1, 0.15) is 40.5 Å². The number of nitrogens with zero attached hydrogens (tertiary/aromatic N) is 1. The molecule has 0 aromatic heterocycles. The molecule has 1 heterocycles. The number of amides is 1. The number of halogens is 1. The van der Waals surface area contributed by atoms with Crippen molar-refractivity contribution in [1.29, 1.82) is 0 Å². The quantitative estimate of drug-likeness (QED) is 0.418. The Balaban J connectivity index is 2.53. The van der Waals surface area contributed by atoms with E-state index in [-0.39, 0.29) is 12.1 Å². The van der Waals surface area contributed by atoms with Crippen molar-refractivity contribution in [2.24, 2.45) is 0 Å². The Morgan fingerprint density at radius 3 is 2.21 bits per heavy atom. The maximum atomic E-state index is 11.9. The number of rotatable bonds is 2. The fourth-order valence-corrected chi connectivity index (χ4v) is 2.47.